The van der Waals surface area contributed by atoms with Crippen LogP contribution >= 0.6 is 0 Å². The molecule has 1 aliphatic rings. The molecule has 1 atom stereocenters. The van der Waals surface area contributed by atoms with Crippen molar-refractivity contribution in [3.8, 4) is 0 Å². The molecule has 0 spiro atoms. The fourth-order valence-electron chi connectivity index (χ4n) is 4.92. The van der Waals surface area contributed by atoms with Gasteiger partial charge in [0, 0.05) is 10.9 Å². The predicted octanol–water partition coefficient (Wildman–Crippen LogP) is 4.15. The van der Waals surface area contributed by atoms with Crippen LogP contribution in [0.5, 0.6) is 0 Å². The summed E-state index contributed by atoms with van der Waals surface area (Å²) in [5.41, 5.74) is 4.88. The van der Waals surface area contributed by atoms with Crippen molar-refractivity contribution in [2.45, 2.75) is 52.1 Å². The van der Waals surface area contributed by atoms with Gasteiger partial charge in [0.2, 0.25) is 0 Å². The number of tetrazole rings is 1. The highest BCUT2D eigenvalue weighted by Gasteiger charge is 2.31. The lowest BCUT2D eigenvalue weighted by Crippen LogP contribution is -2.36. The number of rotatable bonds is 5. The number of pyridine rings is 1. The molecule has 1 saturated heterocycles. The van der Waals surface area contributed by atoms with E-state index < -0.39 is 0 Å². The van der Waals surface area contributed by atoms with Crippen molar-refractivity contribution < 1.29 is 0 Å². The van der Waals surface area contributed by atoms with E-state index in [4.69, 9.17) is 0 Å². The number of H-pyrrole nitrogens is 1. The molecule has 0 amide bonds. The average molecular weight is 443 g/mol. The highest BCUT2D eigenvalue weighted by atomic mass is 16.1. The zero-order valence-corrected chi connectivity index (χ0v) is 19.3. The van der Waals surface area contributed by atoms with Gasteiger partial charge in [0.15, 0.2) is 5.82 Å². The summed E-state index contributed by atoms with van der Waals surface area (Å²) in [4.78, 5) is 19.0. The van der Waals surface area contributed by atoms with Crippen molar-refractivity contribution in [2.75, 3.05) is 13.1 Å². The van der Waals surface area contributed by atoms with Gasteiger partial charge in [-0.05, 0) is 73.0 Å². The first-order chi connectivity index (χ1) is 16.1. The smallest absolute Gasteiger partial charge is 0.253 e. The van der Waals surface area contributed by atoms with Gasteiger partial charge < -0.3 is 4.98 Å². The van der Waals surface area contributed by atoms with Gasteiger partial charge in [0.25, 0.3) is 5.56 Å². The largest absolute Gasteiger partial charge is 0.321 e. The molecule has 5 rings (SSSR count). The summed E-state index contributed by atoms with van der Waals surface area (Å²) in [5.74, 6) is 0.718. The second kappa shape index (κ2) is 9.27. The fourth-order valence-corrected chi connectivity index (χ4v) is 4.92. The second-order valence-electron chi connectivity index (χ2n) is 9.07. The van der Waals surface area contributed by atoms with E-state index in [1.165, 1.54) is 12.8 Å². The molecule has 33 heavy (non-hydrogen) atoms. The Balaban J connectivity index is 1.66. The lowest BCUT2D eigenvalue weighted by Gasteiger charge is -2.29. The maximum Gasteiger partial charge on any atom is 0.253 e. The molecule has 7 heteroatoms. The highest BCUT2D eigenvalue weighted by molar-refractivity contribution is 5.85. The van der Waals surface area contributed by atoms with Crippen LogP contribution in [0.3, 0.4) is 0 Å². The van der Waals surface area contributed by atoms with E-state index in [1.807, 2.05) is 29.8 Å². The third-order valence-corrected chi connectivity index (χ3v) is 6.75. The van der Waals surface area contributed by atoms with Gasteiger partial charge in [0.05, 0.1) is 12.1 Å². The minimum atomic E-state index is -0.296. The molecule has 2 aromatic carbocycles. The first-order valence-corrected chi connectivity index (χ1v) is 11.8. The summed E-state index contributed by atoms with van der Waals surface area (Å²) >= 11 is 0. The summed E-state index contributed by atoms with van der Waals surface area (Å²) in [5, 5.41) is 13.9. The van der Waals surface area contributed by atoms with Gasteiger partial charge in [-0.1, -0.05) is 55.3 Å². The molecule has 2 aromatic heterocycles. The van der Waals surface area contributed by atoms with Crippen molar-refractivity contribution in [1.29, 1.82) is 0 Å². The van der Waals surface area contributed by atoms with Crippen LogP contribution in [0.15, 0.2) is 53.3 Å². The van der Waals surface area contributed by atoms with Crippen LogP contribution in [0, 0.1) is 13.8 Å². The van der Waals surface area contributed by atoms with Gasteiger partial charge in [-0.25, -0.2) is 4.68 Å². The molecule has 1 aliphatic heterocycles. The van der Waals surface area contributed by atoms with E-state index in [9.17, 15) is 4.79 Å². The van der Waals surface area contributed by atoms with Crippen LogP contribution in [-0.2, 0) is 6.54 Å². The zero-order valence-electron chi connectivity index (χ0n) is 19.3. The van der Waals surface area contributed by atoms with Gasteiger partial charge in [-0.2, -0.15) is 0 Å². The lowest BCUT2D eigenvalue weighted by molar-refractivity contribution is 0.220. The normalized spacial score (nSPS) is 16.1. The van der Waals surface area contributed by atoms with Crippen LogP contribution in [0.25, 0.3) is 10.9 Å². The van der Waals surface area contributed by atoms with Crippen LogP contribution in [0.4, 0.5) is 0 Å². The van der Waals surface area contributed by atoms with Crippen molar-refractivity contribution in [3.63, 3.8) is 0 Å². The van der Waals surface area contributed by atoms with E-state index in [0.29, 0.717) is 12.1 Å². The van der Waals surface area contributed by atoms with Crippen molar-refractivity contribution >= 4 is 10.9 Å². The molecule has 1 fully saturated rings. The highest BCUT2D eigenvalue weighted by Crippen LogP contribution is 2.30. The number of likely N-dealkylation sites (tertiary alicyclic amines) is 1. The molecular weight excluding hydrogens is 412 g/mol. The Morgan fingerprint density at radius 2 is 1.70 bits per heavy atom. The standard InChI is InChI=1S/C26H30N6O/c1-18-12-13-19(2)23-21(18)16-22(26(33)27-23)24(31-14-8-3-4-9-15-31)25-28-29-30-32(25)17-20-10-6-5-7-11-20/h5-7,10-13,16,24H,3-4,8-9,14-15,17H2,1-2H3,(H,27,33). The summed E-state index contributed by atoms with van der Waals surface area (Å²) in [6.07, 6.45) is 4.65. The van der Waals surface area contributed by atoms with Crippen molar-refractivity contribution in [2.24, 2.45) is 0 Å². The molecule has 3 heterocycles. The average Bonchev–Trinajstić information content (AvgIpc) is 3.10. The van der Waals surface area contributed by atoms with E-state index in [-0.39, 0.29) is 11.6 Å². The zero-order chi connectivity index (χ0) is 22.8. The lowest BCUT2D eigenvalue weighted by atomic mass is 9.99. The van der Waals surface area contributed by atoms with Gasteiger partial charge in [-0.15, -0.1) is 5.10 Å². The summed E-state index contributed by atoms with van der Waals surface area (Å²) < 4.78 is 1.84. The quantitative estimate of drug-likeness (QED) is 0.502. The van der Waals surface area contributed by atoms with E-state index in [0.717, 1.165) is 59.3 Å². The third kappa shape index (κ3) is 4.33. The number of aryl methyl sites for hydroxylation is 2. The molecule has 170 valence electrons. The van der Waals surface area contributed by atoms with Crippen LogP contribution in [-0.4, -0.2) is 43.2 Å². The van der Waals surface area contributed by atoms with Crippen LogP contribution in [0.1, 0.15) is 59.8 Å². The Morgan fingerprint density at radius 3 is 2.45 bits per heavy atom. The maximum atomic E-state index is 13.5. The van der Waals surface area contributed by atoms with Crippen molar-refractivity contribution in [1.82, 2.24) is 30.1 Å². The van der Waals surface area contributed by atoms with Gasteiger partial charge >= 0.3 is 0 Å². The predicted molar refractivity (Wildman–Crippen MR) is 129 cm³/mol. The van der Waals surface area contributed by atoms with Gasteiger partial charge in [-0.3, -0.25) is 9.69 Å². The Bertz CT molecular complexity index is 1300. The molecule has 1 unspecified atom stereocenters. The number of nitrogens with zero attached hydrogens (tertiary/aromatic N) is 5. The maximum absolute atomic E-state index is 13.5. The Morgan fingerprint density at radius 1 is 0.970 bits per heavy atom. The first-order valence-electron chi connectivity index (χ1n) is 11.8. The molecular formula is C26H30N6O. The molecule has 0 aliphatic carbocycles. The monoisotopic (exact) mass is 442 g/mol. The molecule has 4 aromatic rings. The van der Waals surface area contributed by atoms with E-state index in [2.05, 4.69) is 62.7 Å². The first kappa shape index (κ1) is 21.5. The SMILES string of the molecule is Cc1ccc(C)c2[nH]c(=O)c(C(c3nnnn3Cc3ccccc3)N3CCCCCC3)cc12. The van der Waals surface area contributed by atoms with Crippen molar-refractivity contribution in [3.05, 3.63) is 87.0 Å². The second-order valence-corrected chi connectivity index (χ2v) is 9.07. The van der Waals surface area contributed by atoms with Crippen LogP contribution in [0.2, 0.25) is 0 Å². The number of aromatic nitrogens is 5. The van der Waals surface area contributed by atoms with Crippen LogP contribution < -0.4 is 5.56 Å². The minimum Gasteiger partial charge on any atom is -0.321 e. The third-order valence-electron chi connectivity index (χ3n) is 6.75. The summed E-state index contributed by atoms with van der Waals surface area (Å²) in [6, 6.07) is 16.1. The Hall–Kier alpha value is -3.32. The number of benzene rings is 2. The molecule has 0 saturated carbocycles. The Labute approximate surface area is 193 Å². The molecule has 1 N–H and O–H groups in total. The summed E-state index contributed by atoms with van der Waals surface area (Å²) in [7, 11) is 0. The fraction of sp³-hybridized carbons (Fsp3) is 0.385. The number of fused-ring (bicyclic) bond motifs is 1. The summed E-state index contributed by atoms with van der Waals surface area (Å²) in [6.45, 7) is 6.53. The molecule has 7 nitrogen and oxygen atoms in total. The molecule has 0 bridgehead atoms. The number of hydrogen-bond donors (Lipinski definition) is 1. The minimum absolute atomic E-state index is 0.0697. The molecule has 0 radical (unpaired) electrons. The number of aromatic amines is 1. The topological polar surface area (TPSA) is 79.7 Å². The van der Waals surface area contributed by atoms with E-state index >= 15 is 0 Å². The van der Waals surface area contributed by atoms with Gasteiger partial charge in [0.1, 0.15) is 6.04 Å². The number of nitrogens with one attached hydrogen (secondary N) is 1. The number of hydrogen-bond acceptors (Lipinski definition) is 5. The Kier molecular flexibility index (Phi) is 6.05. The van der Waals surface area contributed by atoms with E-state index in [1.54, 1.807) is 0 Å².